The number of hydrogen-bond donors (Lipinski definition) is 0. The van der Waals surface area contributed by atoms with E-state index in [2.05, 4.69) is 0 Å². The molecule has 1 heterocycles. The monoisotopic (exact) mass is 367 g/mol. The highest BCUT2D eigenvalue weighted by Gasteiger charge is 2.21. The predicted octanol–water partition coefficient (Wildman–Crippen LogP) is 4.13. The molecule has 0 aromatic heterocycles. The van der Waals surface area contributed by atoms with Gasteiger partial charge in [-0.3, -0.25) is 0 Å². The first-order chi connectivity index (χ1) is 12.6. The molecule has 135 valence electrons. The first-order valence-corrected chi connectivity index (χ1v) is 10.8. The quantitative estimate of drug-likeness (QED) is 0.659. The third-order valence-electron chi connectivity index (χ3n) is 4.35. The second-order valence-electron chi connectivity index (χ2n) is 6.26. The van der Waals surface area contributed by atoms with E-state index in [0.29, 0.717) is 12.8 Å². The topological polar surface area (TPSA) is 60.6 Å². The molecule has 0 aliphatic carbocycles. The van der Waals surface area contributed by atoms with Crippen molar-refractivity contribution in [3.05, 3.63) is 71.8 Å². The summed E-state index contributed by atoms with van der Waals surface area (Å²) < 4.78 is 23.2. The molecule has 0 N–H and O–H groups in total. The van der Waals surface area contributed by atoms with E-state index in [1.807, 2.05) is 60.7 Å². The lowest BCUT2D eigenvalue weighted by atomic mass is 10.1. The third-order valence-corrected chi connectivity index (χ3v) is 6.14. The van der Waals surface area contributed by atoms with Crippen molar-refractivity contribution in [2.45, 2.75) is 26.2 Å². The van der Waals surface area contributed by atoms with Crippen LogP contribution in [0, 0.1) is 0 Å². The fourth-order valence-electron chi connectivity index (χ4n) is 2.84. The van der Waals surface area contributed by atoms with Crippen LogP contribution in [0.4, 0.5) is 0 Å². The Morgan fingerprint density at radius 1 is 0.808 bits per heavy atom. The molecule has 0 saturated heterocycles. The lowest BCUT2D eigenvalue weighted by Crippen LogP contribution is -2.12. The second kappa shape index (κ2) is 8.32. The summed E-state index contributed by atoms with van der Waals surface area (Å²) in [6, 6.07) is 20.1. The van der Waals surface area contributed by atoms with Crippen LogP contribution in [0.1, 0.15) is 37.3 Å². The van der Waals surface area contributed by atoms with Crippen LogP contribution in [0.15, 0.2) is 65.7 Å². The summed E-state index contributed by atoms with van der Waals surface area (Å²) in [5, 5.41) is 4.75. The van der Waals surface area contributed by atoms with Gasteiger partial charge >= 0.3 is 0 Å². The molecule has 1 aliphatic heterocycles. The first kappa shape index (κ1) is 18.4. The average Bonchev–Trinajstić information content (AvgIpc) is 3.11. The highest BCUT2D eigenvalue weighted by atomic mass is 32.2. The van der Waals surface area contributed by atoms with Gasteiger partial charge in [-0.15, -0.1) is 0 Å². The number of rotatable bonds is 8. The van der Waals surface area contributed by atoms with Crippen molar-refractivity contribution in [3.63, 3.8) is 0 Å². The molecule has 0 unspecified atom stereocenters. The Balaban J connectivity index is 1.74. The van der Waals surface area contributed by atoms with Crippen molar-refractivity contribution in [2.24, 2.45) is 4.99 Å². The van der Waals surface area contributed by atoms with E-state index in [4.69, 9.17) is 10.3 Å². The van der Waals surface area contributed by atoms with Crippen LogP contribution < -0.4 is 5.32 Å². The van der Waals surface area contributed by atoms with E-state index < -0.39 is 9.84 Å². The molecule has 0 fully saturated rings. The van der Waals surface area contributed by atoms with Crippen molar-refractivity contribution in [1.82, 2.24) is 5.32 Å². The number of unbranched alkanes of at least 4 members (excludes halogenated alkanes) is 1. The first-order valence-electron chi connectivity index (χ1n) is 8.94. The van der Waals surface area contributed by atoms with Crippen molar-refractivity contribution < 1.29 is 8.42 Å². The van der Waals surface area contributed by atoms with Crippen LogP contribution in [0.25, 0.3) is 11.4 Å². The fourth-order valence-corrected chi connectivity index (χ4v) is 3.78. The normalized spacial score (nSPS) is 14.3. The summed E-state index contributed by atoms with van der Waals surface area (Å²) in [5.74, 6) is 1.22. The number of nitrogens with zero attached hydrogens (tertiary/aromatic N) is 2. The van der Waals surface area contributed by atoms with Crippen LogP contribution in [-0.2, 0) is 9.84 Å². The standard InChI is InChI=1S/C21H23N2O2S/c1-2-26(24,25)16-10-9-15-19-22-20(17-11-5-3-6-12-17)21(23-19)18-13-7-4-8-14-18/h3-8,11-14H,2,9-10,15-16H2,1H3. The molecule has 2 aromatic rings. The summed E-state index contributed by atoms with van der Waals surface area (Å²) in [6.07, 6.45) is 2.10. The van der Waals surface area contributed by atoms with Gasteiger partial charge in [0.25, 0.3) is 0 Å². The molecule has 1 aliphatic rings. The Kier molecular flexibility index (Phi) is 5.89. The molecule has 0 saturated carbocycles. The lowest BCUT2D eigenvalue weighted by molar-refractivity contribution is 0.593. The van der Waals surface area contributed by atoms with Gasteiger partial charge in [0.05, 0.1) is 17.1 Å². The fraction of sp³-hybridized carbons (Fsp3) is 0.286. The zero-order chi connectivity index (χ0) is 18.4. The molecule has 26 heavy (non-hydrogen) atoms. The summed E-state index contributed by atoms with van der Waals surface area (Å²) in [7, 11) is -2.90. The Morgan fingerprint density at radius 3 is 1.96 bits per heavy atom. The number of aliphatic imine (C=N–C) groups is 1. The van der Waals surface area contributed by atoms with Gasteiger partial charge in [-0.1, -0.05) is 67.6 Å². The van der Waals surface area contributed by atoms with Crippen LogP contribution in [-0.4, -0.2) is 25.8 Å². The van der Waals surface area contributed by atoms with E-state index in [0.717, 1.165) is 34.8 Å². The maximum Gasteiger partial charge on any atom is 0.150 e. The average molecular weight is 367 g/mol. The van der Waals surface area contributed by atoms with Crippen LogP contribution in [0.5, 0.6) is 0 Å². The van der Waals surface area contributed by atoms with Crippen molar-refractivity contribution in [2.75, 3.05) is 11.5 Å². The molecule has 0 bridgehead atoms. The molecular weight excluding hydrogens is 344 g/mol. The maximum atomic E-state index is 11.6. The zero-order valence-corrected chi connectivity index (χ0v) is 15.7. The number of sulfone groups is 1. The van der Waals surface area contributed by atoms with Crippen molar-refractivity contribution in [3.8, 4) is 0 Å². The predicted molar refractivity (Wildman–Crippen MR) is 107 cm³/mol. The van der Waals surface area contributed by atoms with Gasteiger partial charge in [0.15, 0.2) is 0 Å². The number of hydrogen-bond acceptors (Lipinski definition) is 3. The minimum Gasteiger partial charge on any atom is -0.231 e. The zero-order valence-electron chi connectivity index (χ0n) is 14.9. The smallest absolute Gasteiger partial charge is 0.150 e. The SMILES string of the molecule is CCS(=O)(=O)CCCCC1=NC(c2ccccc2)=C(c2ccccc2)[N]1. The van der Waals surface area contributed by atoms with Crippen LogP contribution in [0.2, 0.25) is 0 Å². The van der Waals surface area contributed by atoms with Gasteiger partial charge in [-0.05, 0) is 12.8 Å². The molecular formula is C21H23N2O2S. The molecule has 4 nitrogen and oxygen atoms in total. The van der Waals surface area contributed by atoms with E-state index >= 15 is 0 Å². The summed E-state index contributed by atoms with van der Waals surface area (Å²) in [5.41, 5.74) is 3.85. The van der Waals surface area contributed by atoms with Crippen molar-refractivity contribution >= 4 is 27.1 Å². The van der Waals surface area contributed by atoms with E-state index in [-0.39, 0.29) is 11.5 Å². The largest absolute Gasteiger partial charge is 0.231 e. The van der Waals surface area contributed by atoms with Crippen LogP contribution in [0.3, 0.4) is 0 Å². The van der Waals surface area contributed by atoms with Gasteiger partial charge in [0, 0.05) is 23.3 Å². The number of benzene rings is 2. The lowest BCUT2D eigenvalue weighted by Gasteiger charge is -2.06. The van der Waals surface area contributed by atoms with Gasteiger partial charge < -0.3 is 0 Å². The van der Waals surface area contributed by atoms with E-state index in [9.17, 15) is 8.42 Å². The number of amidine groups is 1. The van der Waals surface area contributed by atoms with E-state index in [1.165, 1.54) is 0 Å². The van der Waals surface area contributed by atoms with E-state index in [1.54, 1.807) is 6.92 Å². The molecule has 0 spiro atoms. The maximum absolute atomic E-state index is 11.6. The summed E-state index contributed by atoms with van der Waals surface area (Å²) >= 11 is 0. The Bertz CT molecular complexity index is 902. The highest BCUT2D eigenvalue weighted by molar-refractivity contribution is 7.91. The van der Waals surface area contributed by atoms with Gasteiger partial charge in [0.1, 0.15) is 15.7 Å². The third kappa shape index (κ3) is 4.61. The van der Waals surface area contributed by atoms with Gasteiger partial charge in [0.2, 0.25) is 0 Å². The van der Waals surface area contributed by atoms with Crippen molar-refractivity contribution in [1.29, 1.82) is 0 Å². The van der Waals surface area contributed by atoms with Gasteiger partial charge in [-0.2, -0.15) is 0 Å². The molecule has 1 radical (unpaired) electrons. The van der Waals surface area contributed by atoms with Crippen LogP contribution >= 0.6 is 0 Å². The molecule has 0 amide bonds. The highest BCUT2D eigenvalue weighted by Crippen LogP contribution is 2.31. The Morgan fingerprint density at radius 2 is 1.38 bits per heavy atom. The molecule has 3 rings (SSSR count). The summed E-state index contributed by atoms with van der Waals surface area (Å²) in [4.78, 5) is 4.75. The molecule has 2 aromatic carbocycles. The molecule has 0 atom stereocenters. The second-order valence-corrected chi connectivity index (χ2v) is 8.74. The minimum atomic E-state index is -2.90. The Labute approximate surface area is 155 Å². The Hall–Kier alpha value is -2.40. The molecule has 5 heteroatoms. The minimum absolute atomic E-state index is 0.205. The summed E-state index contributed by atoms with van der Waals surface area (Å²) in [6.45, 7) is 1.69. The van der Waals surface area contributed by atoms with Gasteiger partial charge in [-0.25, -0.2) is 18.7 Å².